The molecule has 150 valence electrons. The first-order valence-corrected chi connectivity index (χ1v) is 9.79. The Morgan fingerprint density at radius 2 is 1.36 bits per heavy atom. The van der Waals surface area contributed by atoms with E-state index in [4.69, 9.17) is 9.47 Å². The topological polar surface area (TPSA) is 52.6 Å². The molecule has 0 aliphatic heterocycles. The molecule has 0 N–H and O–H groups in total. The minimum atomic E-state index is -0.507. The zero-order chi connectivity index (χ0) is 20.2. The minimum Gasteiger partial charge on any atom is -0.462 e. The number of ether oxygens (including phenoxy) is 2. The summed E-state index contributed by atoms with van der Waals surface area (Å²) in [7, 11) is 0. The monoisotopic (exact) mass is 386 g/mol. The number of benzene rings is 2. The molecule has 2 rings (SSSR count). The van der Waals surface area contributed by atoms with Crippen molar-refractivity contribution in [3.8, 4) is 0 Å². The molecular formula is C23H27FO4. The lowest BCUT2D eigenvalue weighted by molar-refractivity contribution is 0.0487. The van der Waals surface area contributed by atoms with Crippen LogP contribution in [0, 0.1) is 5.82 Å². The van der Waals surface area contributed by atoms with Gasteiger partial charge in [-0.1, -0.05) is 50.8 Å². The summed E-state index contributed by atoms with van der Waals surface area (Å²) in [5.74, 6) is -1.21. The number of hydrogen-bond donors (Lipinski definition) is 0. The van der Waals surface area contributed by atoms with Gasteiger partial charge >= 0.3 is 11.9 Å². The van der Waals surface area contributed by atoms with E-state index in [9.17, 15) is 14.0 Å². The average Bonchev–Trinajstić information content (AvgIpc) is 2.72. The first-order chi connectivity index (χ1) is 13.6. The summed E-state index contributed by atoms with van der Waals surface area (Å²) in [6.45, 7) is 2.65. The SMILES string of the molecule is CCCCCCCOC(=O)c1ccc(C(=O)OCCc2ccccc2F)cc1. The Morgan fingerprint density at radius 1 is 0.786 bits per heavy atom. The lowest BCUT2D eigenvalue weighted by Crippen LogP contribution is -2.10. The van der Waals surface area contributed by atoms with Crippen LogP contribution in [0.3, 0.4) is 0 Å². The fraction of sp³-hybridized carbons (Fsp3) is 0.391. The summed E-state index contributed by atoms with van der Waals surface area (Å²) < 4.78 is 24.0. The van der Waals surface area contributed by atoms with E-state index in [1.165, 1.54) is 31.0 Å². The molecule has 0 aromatic heterocycles. The number of rotatable bonds is 11. The van der Waals surface area contributed by atoms with E-state index >= 15 is 0 Å². The van der Waals surface area contributed by atoms with Gasteiger partial charge in [0, 0.05) is 6.42 Å². The molecule has 0 radical (unpaired) electrons. The molecule has 5 heteroatoms. The molecule has 0 atom stereocenters. The molecule has 2 aromatic rings. The van der Waals surface area contributed by atoms with Crippen LogP contribution in [0.15, 0.2) is 48.5 Å². The standard InChI is InChI=1S/C23H27FO4/c1-2-3-4-5-8-16-27-22(25)19-11-13-20(14-12-19)23(26)28-17-15-18-9-6-7-10-21(18)24/h6-7,9-14H,2-5,8,15-17H2,1H3. The minimum absolute atomic E-state index is 0.0849. The quantitative estimate of drug-likeness (QED) is 0.386. The first kappa shape index (κ1) is 21.6. The van der Waals surface area contributed by atoms with E-state index in [1.807, 2.05) is 0 Å². The van der Waals surface area contributed by atoms with Gasteiger partial charge in [-0.2, -0.15) is 0 Å². The van der Waals surface area contributed by atoms with Gasteiger partial charge in [0.15, 0.2) is 0 Å². The lowest BCUT2D eigenvalue weighted by atomic mass is 10.1. The van der Waals surface area contributed by atoms with Crippen molar-refractivity contribution in [2.75, 3.05) is 13.2 Å². The Labute approximate surface area is 165 Å². The summed E-state index contributed by atoms with van der Waals surface area (Å²) >= 11 is 0. The maximum Gasteiger partial charge on any atom is 0.338 e. The van der Waals surface area contributed by atoms with Crippen molar-refractivity contribution < 1.29 is 23.5 Å². The molecule has 0 saturated heterocycles. The molecule has 28 heavy (non-hydrogen) atoms. The average molecular weight is 386 g/mol. The van der Waals surface area contributed by atoms with E-state index in [0.29, 0.717) is 29.7 Å². The van der Waals surface area contributed by atoms with Crippen LogP contribution >= 0.6 is 0 Å². The third kappa shape index (κ3) is 7.14. The molecule has 0 spiro atoms. The highest BCUT2D eigenvalue weighted by Gasteiger charge is 2.11. The Balaban J connectivity index is 1.74. The van der Waals surface area contributed by atoms with Crippen LogP contribution in [0.2, 0.25) is 0 Å². The van der Waals surface area contributed by atoms with Crippen LogP contribution in [0.25, 0.3) is 0 Å². The number of hydrogen-bond acceptors (Lipinski definition) is 4. The van der Waals surface area contributed by atoms with Crippen molar-refractivity contribution in [2.45, 2.75) is 45.4 Å². The van der Waals surface area contributed by atoms with Gasteiger partial charge in [-0.15, -0.1) is 0 Å². The second kappa shape index (κ2) is 11.9. The summed E-state index contributed by atoms with van der Waals surface area (Å²) in [6.07, 6.45) is 5.75. The molecular weight excluding hydrogens is 359 g/mol. The molecule has 0 aliphatic rings. The molecule has 4 nitrogen and oxygen atoms in total. The van der Waals surface area contributed by atoms with E-state index in [2.05, 4.69) is 6.92 Å². The van der Waals surface area contributed by atoms with E-state index < -0.39 is 11.9 Å². The third-order valence-electron chi connectivity index (χ3n) is 4.40. The number of carbonyl (C=O) groups is 2. The van der Waals surface area contributed by atoms with Crippen molar-refractivity contribution in [3.05, 3.63) is 71.0 Å². The third-order valence-corrected chi connectivity index (χ3v) is 4.40. The van der Waals surface area contributed by atoms with Crippen LogP contribution in [0.4, 0.5) is 4.39 Å². The number of esters is 2. The van der Waals surface area contributed by atoms with Crippen molar-refractivity contribution in [2.24, 2.45) is 0 Å². The first-order valence-electron chi connectivity index (χ1n) is 9.79. The zero-order valence-corrected chi connectivity index (χ0v) is 16.3. The van der Waals surface area contributed by atoms with Crippen LogP contribution in [0.1, 0.15) is 65.3 Å². The molecule has 0 aliphatic carbocycles. The Bertz CT molecular complexity index is 755. The summed E-state index contributed by atoms with van der Waals surface area (Å²) in [4.78, 5) is 24.1. The smallest absolute Gasteiger partial charge is 0.338 e. The fourth-order valence-electron chi connectivity index (χ4n) is 2.73. The molecule has 0 heterocycles. The van der Waals surface area contributed by atoms with Gasteiger partial charge in [-0.3, -0.25) is 0 Å². The Morgan fingerprint density at radius 3 is 1.96 bits per heavy atom. The van der Waals surface area contributed by atoms with E-state index in [0.717, 1.165) is 19.3 Å². The van der Waals surface area contributed by atoms with Gasteiger partial charge in [0.1, 0.15) is 5.82 Å². The molecule has 2 aromatic carbocycles. The van der Waals surface area contributed by atoms with Gasteiger partial charge < -0.3 is 9.47 Å². The Kier molecular flexibility index (Phi) is 9.19. The van der Waals surface area contributed by atoms with Crippen molar-refractivity contribution in [1.82, 2.24) is 0 Å². The maximum absolute atomic E-state index is 13.5. The van der Waals surface area contributed by atoms with Crippen LogP contribution in [0.5, 0.6) is 0 Å². The van der Waals surface area contributed by atoms with Gasteiger partial charge in [0.2, 0.25) is 0 Å². The molecule has 0 bridgehead atoms. The van der Waals surface area contributed by atoms with Crippen LogP contribution < -0.4 is 0 Å². The number of halogens is 1. The van der Waals surface area contributed by atoms with E-state index in [-0.39, 0.29) is 12.4 Å². The molecule has 0 amide bonds. The highest BCUT2D eigenvalue weighted by Crippen LogP contribution is 2.11. The largest absolute Gasteiger partial charge is 0.462 e. The van der Waals surface area contributed by atoms with Crippen molar-refractivity contribution >= 4 is 11.9 Å². The van der Waals surface area contributed by atoms with E-state index in [1.54, 1.807) is 30.3 Å². The highest BCUT2D eigenvalue weighted by molar-refractivity contribution is 5.93. The Hall–Kier alpha value is -2.69. The van der Waals surface area contributed by atoms with Gasteiger partial charge in [0.25, 0.3) is 0 Å². The van der Waals surface area contributed by atoms with Crippen molar-refractivity contribution in [3.63, 3.8) is 0 Å². The highest BCUT2D eigenvalue weighted by atomic mass is 19.1. The summed E-state index contributed by atoms with van der Waals surface area (Å²) in [5, 5.41) is 0. The second-order valence-corrected chi connectivity index (χ2v) is 6.60. The molecule has 0 fully saturated rings. The van der Waals surface area contributed by atoms with Gasteiger partial charge in [-0.25, -0.2) is 14.0 Å². The number of carbonyl (C=O) groups excluding carboxylic acids is 2. The fourth-order valence-corrected chi connectivity index (χ4v) is 2.73. The zero-order valence-electron chi connectivity index (χ0n) is 16.3. The molecule has 0 saturated carbocycles. The molecule has 0 unspecified atom stereocenters. The predicted molar refractivity (Wildman–Crippen MR) is 106 cm³/mol. The lowest BCUT2D eigenvalue weighted by Gasteiger charge is -2.07. The van der Waals surface area contributed by atoms with Crippen LogP contribution in [-0.2, 0) is 15.9 Å². The normalized spacial score (nSPS) is 10.5. The summed E-state index contributed by atoms with van der Waals surface area (Å²) in [5.41, 5.74) is 1.24. The number of unbranched alkanes of at least 4 members (excludes halogenated alkanes) is 4. The second-order valence-electron chi connectivity index (χ2n) is 6.60. The predicted octanol–water partition coefficient (Wildman–Crippen LogP) is 5.35. The summed E-state index contributed by atoms with van der Waals surface area (Å²) in [6, 6.07) is 12.5. The van der Waals surface area contributed by atoms with Gasteiger partial charge in [-0.05, 0) is 42.3 Å². The van der Waals surface area contributed by atoms with Crippen LogP contribution in [-0.4, -0.2) is 25.2 Å². The van der Waals surface area contributed by atoms with Crippen molar-refractivity contribution in [1.29, 1.82) is 0 Å². The van der Waals surface area contributed by atoms with Gasteiger partial charge in [0.05, 0.1) is 24.3 Å². The maximum atomic E-state index is 13.5.